The van der Waals surface area contributed by atoms with Crippen molar-refractivity contribution in [3.63, 3.8) is 0 Å². The third-order valence-corrected chi connectivity index (χ3v) is 5.75. The van der Waals surface area contributed by atoms with E-state index in [2.05, 4.69) is 27.9 Å². The molecule has 3 heterocycles. The Bertz CT molecular complexity index is 871. The second-order valence-corrected chi connectivity index (χ2v) is 7.53. The van der Waals surface area contributed by atoms with Crippen LogP contribution in [0.3, 0.4) is 0 Å². The fourth-order valence-corrected chi connectivity index (χ4v) is 4.25. The summed E-state index contributed by atoms with van der Waals surface area (Å²) in [5.41, 5.74) is 2.17. The molecule has 0 bridgehead atoms. The molecule has 1 N–H and O–H groups in total. The Morgan fingerprint density at radius 1 is 1.32 bits per heavy atom. The number of fused-ring (bicyclic) bond motifs is 1. The second-order valence-electron chi connectivity index (χ2n) is 6.50. The number of nitrogens with zero attached hydrogens (tertiary/aromatic N) is 3. The normalized spacial score (nSPS) is 18.0. The number of thiophene rings is 1. The molecule has 6 heteroatoms. The number of carbonyl (C=O) groups is 1. The summed E-state index contributed by atoms with van der Waals surface area (Å²) in [7, 11) is 2.07. The van der Waals surface area contributed by atoms with Gasteiger partial charge >= 0.3 is 0 Å². The van der Waals surface area contributed by atoms with Crippen LogP contribution in [-0.4, -0.2) is 33.4 Å². The first-order valence-electron chi connectivity index (χ1n) is 8.67. The Balaban J connectivity index is 1.46. The second kappa shape index (κ2) is 6.98. The zero-order valence-corrected chi connectivity index (χ0v) is 15.1. The summed E-state index contributed by atoms with van der Waals surface area (Å²) in [6.45, 7) is 1.99. The van der Waals surface area contributed by atoms with E-state index in [9.17, 15) is 4.79 Å². The van der Waals surface area contributed by atoms with E-state index in [1.807, 2.05) is 35.7 Å². The number of para-hydroxylation sites is 2. The number of nitrogens with one attached hydrogen (secondary N) is 1. The van der Waals surface area contributed by atoms with E-state index in [4.69, 9.17) is 4.98 Å². The topological polar surface area (TPSA) is 50.2 Å². The van der Waals surface area contributed by atoms with Crippen molar-refractivity contribution in [1.82, 2.24) is 19.8 Å². The molecule has 1 atom stereocenters. The van der Waals surface area contributed by atoms with Gasteiger partial charge < -0.3 is 9.88 Å². The van der Waals surface area contributed by atoms with E-state index in [0.29, 0.717) is 13.1 Å². The molecule has 3 aromatic rings. The molecule has 1 aliphatic heterocycles. The van der Waals surface area contributed by atoms with Gasteiger partial charge in [0.25, 0.3) is 0 Å². The lowest BCUT2D eigenvalue weighted by atomic mass is 10.2. The predicted octanol–water partition coefficient (Wildman–Crippen LogP) is 3.09. The van der Waals surface area contributed by atoms with Crippen LogP contribution in [0, 0.1) is 0 Å². The third-order valence-electron chi connectivity index (χ3n) is 4.87. The molecule has 5 nitrogen and oxygen atoms in total. The lowest BCUT2D eigenvalue weighted by Crippen LogP contribution is -2.37. The molecule has 1 unspecified atom stereocenters. The molecule has 0 spiro atoms. The van der Waals surface area contributed by atoms with E-state index in [0.717, 1.165) is 36.2 Å². The molecule has 1 saturated heterocycles. The number of amides is 1. The lowest BCUT2D eigenvalue weighted by Gasteiger charge is -2.23. The zero-order chi connectivity index (χ0) is 17.2. The van der Waals surface area contributed by atoms with Crippen LogP contribution in [-0.2, 0) is 18.4 Å². The average molecular weight is 354 g/mol. The highest BCUT2D eigenvalue weighted by Gasteiger charge is 2.31. The summed E-state index contributed by atoms with van der Waals surface area (Å²) in [4.78, 5) is 20.6. The number of imidazole rings is 1. The van der Waals surface area contributed by atoms with Crippen molar-refractivity contribution in [2.75, 3.05) is 13.1 Å². The first-order valence-corrected chi connectivity index (χ1v) is 9.55. The maximum absolute atomic E-state index is 12.4. The molecule has 0 saturated carbocycles. The predicted molar refractivity (Wildman–Crippen MR) is 100 cm³/mol. The molecular weight excluding hydrogens is 332 g/mol. The minimum atomic E-state index is 0.0825. The number of hydrogen-bond acceptors (Lipinski definition) is 4. The Morgan fingerprint density at radius 3 is 3.00 bits per heavy atom. The number of rotatable bonds is 5. The van der Waals surface area contributed by atoms with Gasteiger partial charge in [0.05, 0.1) is 30.2 Å². The molecule has 2 aromatic heterocycles. The highest BCUT2D eigenvalue weighted by molar-refractivity contribution is 7.09. The fourth-order valence-electron chi connectivity index (χ4n) is 3.61. The van der Waals surface area contributed by atoms with E-state index in [-0.39, 0.29) is 11.9 Å². The van der Waals surface area contributed by atoms with Crippen LogP contribution in [0.25, 0.3) is 11.0 Å². The van der Waals surface area contributed by atoms with E-state index in [1.165, 1.54) is 4.88 Å². The van der Waals surface area contributed by atoms with Gasteiger partial charge in [-0.05, 0) is 43.0 Å². The maximum Gasteiger partial charge on any atom is 0.234 e. The summed E-state index contributed by atoms with van der Waals surface area (Å²) in [6.07, 6.45) is 2.15. The largest absolute Gasteiger partial charge is 0.350 e. The number of aryl methyl sites for hydroxylation is 1. The fraction of sp³-hybridized carbons (Fsp3) is 0.368. The first kappa shape index (κ1) is 16.3. The van der Waals surface area contributed by atoms with Gasteiger partial charge in [-0.3, -0.25) is 9.69 Å². The van der Waals surface area contributed by atoms with Crippen molar-refractivity contribution < 1.29 is 4.79 Å². The molecule has 1 fully saturated rings. The average Bonchev–Trinajstić information content (AvgIpc) is 3.34. The van der Waals surface area contributed by atoms with E-state index in [1.54, 1.807) is 11.3 Å². The van der Waals surface area contributed by atoms with Gasteiger partial charge in [-0.15, -0.1) is 11.3 Å². The van der Waals surface area contributed by atoms with E-state index >= 15 is 0 Å². The van der Waals surface area contributed by atoms with Gasteiger partial charge in [0.2, 0.25) is 5.91 Å². The minimum Gasteiger partial charge on any atom is -0.350 e. The van der Waals surface area contributed by atoms with Gasteiger partial charge in [0.15, 0.2) is 0 Å². The van der Waals surface area contributed by atoms with Gasteiger partial charge in [0, 0.05) is 11.9 Å². The number of hydrogen-bond donors (Lipinski definition) is 1. The molecule has 25 heavy (non-hydrogen) atoms. The van der Waals surface area contributed by atoms with E-state index < -0.39 is 0 Å². The summed E-state index contributed by atoms with van der Waals surface area (Å²) < 4.78 is 2.17. The minimum absolute atomic E-state index is 0.0825. The molecular formula is C19H22N4OS. The van der Waals surface area contributed by atoms with Crippen molar-refractivity contribution in [1.29, 1.82) is 0 Å². The molecule has 1 aromatic carbocycles. The third kappa shape index (κ3) is 3.32. The number of likely N-dealkylation sites (tertiary alicyclic amines) is 1. The highest BCUT2D eigenvalue weighted by Crippen LogP contribution is 2.32. The van der Waals surface area contributed by atoms with Gasteiger partial charge in [0.1, 0.15) is 5.82 Å². The molecule has 0 radical (unpaired) electrons. The van der Waals surface area contributed by atoms with Crippen LogP contribution >= 0.6 is 11.3 Å². The van der Waals surface area contributed by atoms with Crippen molar-refractivity contribution in [2.24, 2.45) is 7.05 Å². The van der Waals surface area contributed by atoms with Crippen molar-refractivity contribution in [2.45, 2.75) is 25.4 Å². The van der Waals surface area contributed by atoms with Gasteiger partial charge in [-0.25, -0.2) is 4.98 Å². The number of carbonyl (C=O) groups excluding carboxylic acids is 1. The molecule has 1 aliphatic rings. The Morgan fingerprint density at radius 2 is 2.20 bits per heavy atom. The van der Waals surface area contributed by atoms with Crippen LogP contribution in [0.4, 0.5) is 0 Å². The molecule has 0 aliphatic carbocycles. The molecule has 130 valence electrons. The first-order chi connectivity index (χ1) is 12.2. The molecule has 1 amide bonds. The van der Waals surface area contributed by atoms with Crippen molar-refractivity contribution in [3.8, 4) is 0 Å². The van der Waals surface area contributed by atoms with Gasteiger partial charge in [-0.1, -0.05) is 18.2 Å². The zero-order valence-electron chi connectivity index (χ0n) is 14.3. The maximum atomic E-state index is 12.4. The van der Waals surface area contributed by atoms with Crippen molar-refractivity contribution >= 4 is 28.3 Å². The summed E-state index contributed by atoms with van der Waals surface area (Å²) in [5, 5.41) is 5.06. The van der Waals surface area contributed by atoms with Crippen LogP contribution in [0.15, 0.2) is 41.8 Å². The lowest BCUT2D eigenvalue weighted by molar-refractivity contribution is -0.122. The van der Waals surface area contributed by atoms with Gasteiger partial charge in [-0.2, -0.15) is 0 Å². The van der Waals surface area contributed by atoms with Crippen LogP contribution < -0.4 is 5.32 Å². The van der Waals surface area contributed by atoms with Crippen LogP contribution in [0.5, 0.6) is 0 Å². The quantitative estimate of drug-likeness (QED) is 0.766. The van der Waals surface area contributed by atoms with Crippen molar-refractivity contribution in [3.05, 3.63) is 52.5 Å². The monoisotopic (exact) mass is 354 g/mol. The van der Waals surface area contributed by atoms with Crippen LogP contribution in [0.2, 0.25) is 0 Å². The molecule has 4 rings (SSSR count). The SMILES string of the molecule is Cn1c(C2CCCN2CC(=O)NCc2cccs2)nc2ccccc21. The Kier molecular flexibility index (Phi) is 4.55. The number of benzene rings is 1. The summed E-state index contributed by atoms with van der Waals surface area (Å²) in [6, 6.07) is 12.5. The number of aromatic nitrogens is 2. The highest BCUT2D eigenvalue weighted by atomic mass is 32.1. The Labute approximate surface area is 151 Å². The van der Waals surface area contributed by atoms with Crippen LogP contribution in [0.1, 0.15) is 29.6 Å². The standard InChI is InChI=1S/C19H22N4OS/c1-22-16-8-3-2-7-15(16)21-19(22)17-9-4-10-23(17)13-18(24)20-12-14-6-5-11-25-14/h2-3,5-8,11,17H,4,9-10,12-13H2,1H3,(H,20,24). The Hall–Kier alpha value is -2.18. The summed E-state index contributed by atoms with van der Waals surface area (Å²) >= 11 is 1.67. The summed E-state index contributed by atoms with van der Waals surface area (Å²) in [5.74, 6) is 1.14. The smallest absolute Gasteiger partial charge is 0.234 e.